The molecular weight excluding hydrogens is 420 g/mol. The number of hydrogen-bond donors (Lipinski definition) is 1. The Morgan fingerprint density at radius 3 is 2.29 bits per heavy atom. The van der Waals surface area contributed by atoms with Crippen LogP contribution in [0.1, 0.15) is 24.0 Å². The highest BCUT2D eigenvalue weighted by atomic mass is 79.9. The molecule has 0 radical (unpaired) electrons. The molecule has 6 atom stereocenters. The van der Waals surface area contributed by atoms with Crippen molar-refractivity contribution in [1.29, 1.82) is 0 Å². The number of hydrogen-bond acceptors (Lipinski definition) is 3. The van der Waals surface area contributed by atoms with Gasteiger partial charge in [0.05, 0.1) is 11.8 Å². The maximum atomic E-state index is 12.9. The third kappa shape index (κ3) is 2.53. The van der Waals surface area contributed by atoms with Crippen LogP contribution in [0.15, 0.2) is 28.8 Å². The Kier molecular flexibility index (Phi) is 4.06. The molecule has 1 aromatic rings. The summed E-state index contributed by atoms with van der Waals surface area (Å²) in [6.07, 6.45) is 5.62. The molecule has 2 saturated carbocycles. The van der Waals surface area contributed by atoms with Gasteiger partial charge in [0, 0.05) is 23.1 Å². The van der Waals surface area contributed by atoms with Crippen LogP contribution in [0.4, 0.5) is 5.69 Å². The normalized spacial score (nSPS) is 34.5. The maximum absolute atomic E-state index is 12.9. The van der Waals surface area contributed by atoms with Crippen molar-refractivity contribution in [2.24, 2.45) is 35.5 Å². The average molecular weight is 443 g/mol. The minimum Gasteiger partial charge on any atom is -0.326 e. The van der Waals surface area contributed by atoms with Gasteiger partial charge in [-0.1, -0.05) is 28.1 Å². The largest absolute Gasteiger partial charge is 0.326 e. The van der Waals surface area contributed by atoms with Crippen molar-refractivity contribution in [2.45, 2.75) is 26.7 Å². The summed E-state index contributed by atoms with van der Waals surface area (Å²) in [5.41, 5.74) is 2.85. The monoisotopic (exact) mass is 442 g/mol. The van der Waals surface area contributed by atoms with Gasteiger partial charge in [-0.2, -0.15) is 0 Å². The minimum atomic E-state index is -0.189. The molecule has 3 amide bonds. The van der Waals surface area contributed by atoms with E-state index in [4.69, 9.17) is 0 Å². The first kappa shape index (κ1) is 18.1. The highest BCUT2D eigenvalue weighted by Crippen LogP contribution is 2.65. The highest BCUT2D eigenvalue weighted by molar-refractivity contribution is 9.10. The van der Waals surface area contributed by atoms with E-state index in [1.165, 1.54) is 4.90 Å². The summed E-state index contributed by atoms with van der Waals surface area (Å²) in [5, 5.41) is 2.92. The molecule has 6 heteroatoms. The number of anilines is 1. The molecule has 0 spiro atoms. The Morgan fingerprint density at radius 1 is 1.07 bits per heavy atom. The van der Waals surface area contributed by atoms with Crippen molar-refractivity contribution in [2.75, 3.05) is 11.9 Å². The predicted molar refractivity (Wildman–Crippen MR) is 108 cm³/mol. The van der Waals surface area contributed by atoms with Gasteiger partial charge in [-0.25, -0.2) is 0 Å². The van der Waals surface area contributed by atoms with E-state index < -0.39 is 0 Å². The standard InChI is InChI=1S/C22H23BrN2O3/c1-10-11(2)17(6-5-16(10)23)24-18(26)7-8-25-21(27)19-12-3-4-13(15-9-14(12)15)20(19)22(25)28/h3-6,12-15,19-20H,7-9H2,1-2H3,(H,24,26)/t12-,13-,14-,15+,19-,20+/m0/s1. The molecule has 5 nitrogen and oxygen atoms in total. The van der Waals surface area contributed by atoms with Crippen LogP contribution in [-0.4, -0.2) is 29.2 Å². The number of rotatable bonds is 4. The van der Waals surface area contributed by atoms with Crippen LogP contribution in [0, 0.1) is 49.4 Å². The number of nitrogens with one attached hydrogen (secondary N) is 1. The van der Waals surface area contributed by atoms with Gasteiger partial charge >= 0.3 is 0 Å². The number of likely N-dealkylation sites (tertiary alicyclic amines) is 1. The first-order chi connectivity index (χ1) is 13.4. The quantitative estimate of drug-likeness (QED) is 0.573. The van der Waals surface area contributed by atoms with E-state index in [0.29, 0.717) is 11.8 Å². The highest BCUT2D eigenvalue weighted by Gasteiger charge is 2.66. The van der Waals surface area contributed by atoms with E-state index in [1.807, 2.05) is 26.0 Å². The van der Waals surface area contributed by atoms with Crippen LogP contribution in [0.5, 0.6) is 0 Å². The summed E-state index contributed by atoms with van der Waals surface area (Å²) in [6.45, 7) is 4.12. The zero-order valence-electron chi connectivity index (χ0n) is 15.9. The van der Waals surface area contributed by atoms with Crippen molar-refractivity contribution in [1.82, 2.24) is 4.90 Å². The van der Waals surface area contributed by atoms with Crippen molar-refractivity contribution in [3.05, 3.63) is 39.9 Å². The minimum absolute atomic E-state index is 0.0665. The lowest BCUT2D eigenvalue weighted by molar-refractivity contribution is -0.140. The van der Waals surface area contributed by atoms with Crippen LogP contribution in [0.3, 0.4) is 0 Å². The van der Waals surface area contributed by atoms with Crippen LogP contribution in [0.25, 0.3) is 0 Å². The van der Waals surface area contributed by atoms with Gasteiger partial charge in [0.25, 0.3) is 0 Å². The number of benzene rings is 1. The molecule has 3 fully saturated rings. The van der Waals surface area contributed by atoms with Crippen molar-refractivity contribution < 1.29 is 14.4 Å². The fraction of sp³-hybridized carbons (Fsp3) is 0.500. The maximum Gasteiger partial charge on any atom is 0.233 e. The molecule has 1 N–H and O–H groups in total. The Hall–Kier alpha value is -1.95. The summed E-state index contributed by atoms with van der Waals surface area (Å²) in [6, 6.07) is 3.77. The summed E-state index contributed by atoms with van der Waals surface area (Å²) in [4.78, 5) is 39.7. The first-order valence-corrected chi connectivity index (χ1v) is 10.8. The Balaban J connectivity index is 1.25. The van der Waals surface area contributed by atoms with Crippen LogP contribution < -0.4 is 5.32 Å². The number of halogens is 1. The van der Waals surface area contributed by atoms with Gasteiger partial charge in [-0.3, -0.25) is 19.3 Å². The molecule has 28 heavy (non-hydrogen) atoms. The van der Waals surface area contributed by atoms with E-state index in [1.54, 1.807) is 0 Å². The van der Waals surface area contributed by atoms with Crippen LogP contribution >= 0.6 is 15.9 Å². The first-order valence-electron chi connectivity index (χ1n) is 9.97. The van der Waals surface area contributed by atoms with Gasteiger partial charge in [0.1, 0.15) is 0 Å². The predicted octanol–water partition coefficient (Wildman–Crippen LogP) is 3.45. The lowest BCUT2D eigenvalue weighted by Crippen LogP contribution is -2.40. The molecule has 4 aliphatic carbocycles. The number of carbonyl (C=O) groups is 3. The molecule has 1 aromatic carbocycles. The van der Waals surface area contributed by atoms with Gasteiger partial charge in [0.2, 0.25) is 17.7 Å². The second kappa shape index (κ2) is 6.28. The van der Waals surface area contributed by atoms with Crippen molar-refractivity contribution in [3.8, 4) is 0 Å². The van der Waals surface area contributed by atoms with Crippen molar-refractivity contribution in [3.63, 3.8) is 0 Å². The summed E-state index contributed by atoms with van der Waals surface area (Å²) in [5.74, 6) is 0.957. The van der Waals surface area contributed by atoms with E-state index in [9.17, 15) is 14.4 Å². The van der Waals surface area contributed by atoms with Gasteiger partial charge in [0.15, 0.2) is 0 Å². The fourth-order valence-corrected chi connectivity index (χ4v) is 6.02. The lowest BCUT2D eigenvalue weighted by atomic mass is 9.63. The second-order valence-corrected chi connectivity index (χ2v) is 9.48. The van der Waals surface area contributed by atoms with E-state index >= 15 is 0 Å². The molecule has 0 aromatic heterocycles. The molecular formula is C22H23BrN2O3. The Morgan fingerprint density at radius 2 is 1.68 bits per heavy atom. The molecule has 1 saturated heterocycles. The summed E-state index contributed by atoms with van der Waals surface area (Å²) < 4.78 is 1.00. The number of nitrogens with zero attached hydrogens (tertiary/aromatic N) is 1. The van der Waals surface area contributed by atoms with E-state index in [-0.39, 0.29) is 54.4 Å². The molecule has 1 aliphatic heterocycles. The van der Waals surface area contributed by atoms with E-state index in [2.05, 4.69) is 33.4 Å². The average Bonchev–Trinajstić information content (AvgIpc) is 3.46. The van der Waals surface area contributed by atoms with Crippen molar-refractivity contribution >= 4 is 39.3 Å². The zero-order chi connectivity index (χ0) is 19.7. The van der Waals surface area contributed by atoms with E-state index in [0.717, 1.165) is 27.7 Å². The Labute approximate surface area is 172 Å². The fourth-order valence-electron chi connectivity index (χ4n) is 5.59. The molecule has 2 bridgehead atoms. The molecule has 6 rings (SSSR count). The molecule has 146 valence electrons. The SMILES string of the molecule is Cc1c(Br)ccc(NC(=O)CCN2C(=O)[C@@H]3[C@H]4C=C[C@@H]([C@@H]5C[C@H]45)[C@@H]3C2=O)c1C. The molecule has 1 heterocycles. The number of imide groups is 1. The second-order valence-electron chi connectivity index (χ2n) is 8.63. The summed E-state index contributed by atoms with van der Waals surface area (Å²) >= 11 is 3.49. The third-order valence-electron chi connectivity index (χ3n) is 7.31. The van der Waals surface area contributed by atoms with Gasteiger partial charge in [-0.15, -0.1) is 0 Å². The van der Waals surface area contributed by atoms with Crippen LogP contribution in [-0.2, 0) is 14.4 Å². The number of allylic oxidation sites excluding steroid dienone is 2. The van der Waals surface area contributed by atoms with Crippen LogP contribution in [0.2, 0.25) is 0 Å². The lowest BCUT2D eigenvalue weighted by Gasteiger charge is -2.37. The third-order valence-corrected chi connectivity index (χ3v) is 8.17. The van der Waals surface area contributed by atoms with Gasteiger partial charge < -0.3 is 5.32 Å². The topological polar surface area (TPSA) is 66.5 Å². The molecule has 5 aliphatic rings. The van der Waals surface area contributed by atoms with Gasteiger partial charge in [-0.05, 0) is 67.2 Å². The number of carbonyl (C=O) groups excluding carboxylic acids is 3. The smallest absolute Gasteiger partial charge is 0.233 e. The molecule has 0 unspecified atom stereocenters. The number of amides is 3. The Bertz CT molecular complexity index is 904. The zero-order valence-corrected chi connectivity index (χ0v) is 17.5. The summed E-state index contributed by atoms with van der Waals surface area (Å²) in [7, 11) is 0.